The molecule has 2 N–H and O–H groups in total. The molecule has 1 heterocycles. The number of anilines is 3. The van der Waals surface area contributed by atoms with Gasteiger partial charge in [0.15, 0.2) is 5.82 Å². The molecule has 3 aromatic rings. The van der Waals surface area contributed by atoms with Crippen molar-refractivity contribution in [2.75, 3.05) is 30.9 Å². The van der Waals surface area contributed by atoms with E-state index in [0.29, 0.717) is 24.9 Å². The zero-order chi connectivity index (χ0) is 19.1. The standard InChI is InChI=1S/C20H23N5O2/c1-14-4-5-16(12-15(14)2)23-19-13-22-25-20(24-19)21-10-11-27-18-8-6-17(26-3)7-9-18/h4-9,12-13H,10-11H2,1-3H3,(H2,21,23,24,25). The summed E-state index contributed by atoms with van der Waals surface area (Å²) in [6.45, 7) is 5.20. The van der Waals surface area contributed by atoms with E-state index < -0.39 is 0 Å². The molecular formula is C20H23N5O2. The van der Waals surface area contributed by atoms with Crippen LogP contribution in [-0.2, 0) is 0 Å². The summed E-state index contributed by atoms with van der Waals surface area (Å²) in [5.74, 6) is 2.66. The molecule has 2 aromatic carbocycles. The molecule has 7 heteroatoms. The van der Waals surface area contributed by atoms with Crippen LogP contribution in [0.4, 0.5) is 17.5 Å². The van der Waals surface area contributed by atoms with Crippen molar-refractivity contribution >= 4 is 17.5 Å². The Morgan fingerprint density at radius 3 is 2.48 bits per heavy atom. The van der Waals surface area contributed by atoms with E-state index in [-0.39, 0.29) is 0 Å². The fraction of sp³-hybridized carbons (Fsp3) is 0.250. The summed E-state index contributed by atoms with van der Waals surface area (Å²) in [5, 5.41) is 14.3. The van der Waals surface area contributed by atoms with Gasteiger partial charge in [0.05, 0.1) is 19.9 Å². The fourth-order valence-electron chi connectivity index (χ4n) is 2.41. The van der Waals surface area contributed by atoms with Gasteiger partial charge >= 0.3 is 0 Å². The molecule has 0 aliphatic carbocycles. The Labute approximate surface area is 158 Å². The molecule has 0 unspecified atom stereocenters. The van der Waals surface area contributed by atoms with Gasteiger partial charge in [-0.1, -0.05) is 6.07 Å². The molecule has 27 heavy (non-hydrogen) atoms. The van der Waals surface area contributed by atoms with Gasteiger partial charge in [-0.25, -0.2) is 0 Å². The number of aryl methyl sites for hydroxylation is 2. The summed E-state index contributed by atoms with van der Waals surface area (Å²) < 4.78 is 10.8. The third kappa shape index (κ3) is 5.31. The average molecular weight is 365 g/mol. The van der Waals surface area contributed by atoms with Crippen LogP contribution in [0.1, 0.15) is 11.1 Å². The summed E-state index contributed by atoms with van der Waals surface area (Å²) in [6.07, 6.45) is 1.59. The third-order valence-electron chi connectivity index (χ3n) is 4.05. The Morgan fingerprint density at radius 1 is 0.963 bits per heavy atom. The van der Waals surface area contributed by atoms with Crippen molar-refractivity contribution in [3.05, 3.63) is 59.8 Å². The highest BCUT2D eigenvalue weighted by Gasteiger charge is 2.03. The van der Waals surface area contributed by atoms with Crippen LogP contribution in [0.15, 0.2) is 48.7 Å². The minimum Gasteiger partial charge on any atom is -0.497 e. The van der Waals surface area contributed by atoms with Crippen molar-refractivity contribution in [3.8, 4) is 11.5 Å². The number of nitrogens with one attached hydrogen (secondary N) is 2. The fourth-order valence-corrected chi connectivity index (χ4v) is 2.41. The number of benzene rings is 2. The highest BCUT2D eigenvalue weighted by molar-refractivity contribution is 5.58. The van der Waals surface area contributed by atoms with Crippen LogP contribution in [0.2, 0.25) is 0 Å². The van der Waals surface area contributed by atoms with E-state index in [1.807, 2.05) is 30.3 Å². The number of rotatable bonds is 8. The summed E-state index contributed by atoms with van der Waals surface area (Å²) in [6, 6.07) is 13.6. The van der Waals surface area contributed by atoms with Crippen molar-refractivity contribution in [2.24, 2.45) is 0 Å². The normalized spacial score (nSPS) is 10.3. The molecule has 0 radical (unpaired) electrons. The Morgan fingerprint density at radius 2 is 1.74 bits per heavy atom. The third-order valence-corrected chi connectivity index (χ3v) is 4.05. The van der Waals surface area contributed by atoms with Gasteiger partial charge in [-0.2, -0.15) is 10.1 Å². The van der Waals surface area contributed by atoms with Crippen molar-refractivity contribution in [3.63, 3.8) is 0 Å². The van der Waals surface area contributed by atoms with Crippen LogP contribution in [-0.4, -0.2) is 35.4 Å². The van der Waals surface area contributed by atoms with E-state index in [1.165, 1.54) is 11.1 Å². The number of nitrogens with zero attached hydrogens (tertiary/aromatic N) is 3. The van der Waals surface area contributed by atoms with Gasteiger partial charge in [-0.3, -0.25) is 0 Å². The lowest BCUT2D eigenvalue weighted by Crippen LogP contribution is -2.14. The lowest BCUT2D eigenvalue weighted by molar-refractivity contribution is 0.331. The molecule has 0 atom stereocenters. The minimum atomic E-state index is 0.446. The van der Waals surface area contributed by atoms with Gasteiger partial charge < -0.3 is 20.1 Å². The molecule has 7 nitrogen and oxygen atoms in total. The second-order valence-electron chi connectivity index (χ2n) is 6.04. The average Bonchev–Trinajstić information content (AvgIpc) is 2.69. The van der Waals surface area contributed by atoms with Crippen molar-refractivity contribution in [1.29, 1.82) is 0 Å². The van der Waals surface area contributed by atoms with Crippen molar-refractivity contribution < 1.29 is 9.47 Å². The molecule has 0 spiro atoms. The maximum Gasteiger partial charge on any atom is 0.244 e. The molecule has 0 saturated carbocycles. The summed E-state index contributed by atoms with van der Waals surface area (Å²) in [7, 11) is 1.64. The zero-order valence-electron chi connectivity index (χ0n) is 15.7. The smallest absolute Gasteiger partial charge is 0.244 e. The van der Waals surface area contributed by atoms with Gasteiger partial charge in [-0.05, 0) is 61.4 Å². The number of hydrogen-bond donors (Lipinski definition) is 2. The van der Waals surface area contributed by atoms with Crippen LogP contribution >= 0.6 is 0 Å². The first kappa shape index (κ1) is 18.4. The summed E-state index contributed by atoms with van der Waals surface area (Å²) in [4.78, 5) is 4.42. The lowest BCUT2D eigenvalue weighted by atomic mass is 10.1. The number of methoxy groups -OCH3 is 1. The van der Waals surface area contributed by atoms with E-state index >= 15 is 0 Å². The molecule has 0 fully saturated rings. The van der Waals surface area contributed by atoms with Crippen LogP contribution in [0.25, 0.3) is 0 Å². The highest BCUT2D eigenvalue weighted by Crippen LogP contribution is 2.18. The van der Waals surface area contributed by atoms with Crippen LogP contribution < -0.4 is 20.1 Å². The number of ether oxygens (including phenoxy) is 2. The largest absolute Gasteiger partial charge is 0.497 e. The molecule has 1 aromatic heterocycles. The molecule has 0 amide bonds. The SMILES string of the molecule is COc1ccc(OCCNc2nncc(Nc3ccc(C)c(C)c3)n2)cc1. The van der Waals surface area contributed by atoms with Gasteiger partial charge in [0.1, 0.15) is 18.1 Å². The lowest BCUT2D eigenvalue weighted by Gasteiger charge is -2.10. The highest BCUT2D eigenvalue weighted by atomic mass is 16.5. The van der Waals surface area contributed by atoms with E-state index in [9.17, 15) is 0 Å². The Balaban J connectivity index is 1.50. The second kappa shape index (κ2) is 8.84. The minimum absolute atomic E-state index is 0.446. The predicted octanol–water partition coefficient (Wildman–Crippen LogP) is 3.73. The van der Waals surface area contributed by atoms with E-state index in [1.54, 1.807) is 13.3 Å². The topological polar surface area (TPSA) is 81.2 Å². The molecule has 140 valence electrons. The summed E-state index contributed by atoms with van der Waals surface area (Å²) >= 11 is 0. The molecule has 0 aliphatic rings. The monoisotopic (exact) mass is 365 g/mol. The number of aromatic nitrogens is 3. The summed E-state index contributed by atoms with van der Waals surface area (Å²) in [5.41, 5.74) is 3.43. The first-order valence-electron chi connectivity index (χ1n) is 8.69. The van der Waals surface area contributed by atoms with Gasteiger partial charge in [0.2, 0.25) is 5.95 Å². The maximum absolute atomic E-state index is 5.67. The Hall–Kier alpha value is -3.35. The number of hydrogen-bond acceptors (Lipinski definition) is 7. The molecular weight excluding hydrogens is 342 g/mol. The van der Waals surface area contributed by atoms with Crippen LogP contribution in [0.3, 0.4) is 0 Å². The van der Waals surface area contributed by atoms with E-state index in [4.69, 9.17) is 9.47 Å². The van der Waals surface area contributed by atoms with Crippen molar-refractivity contribution in [1.82, 2.24) is 15.2 Å². The maximum atomic E-state index is 5.67. The molecule has 3 rings (SSSR count). The molecule has 0 saturated heterocycles. The van der Waals surface area contributed by atoms with Gasteiger partial charge in [0, 0.05) is 5.69 Å². The second-order valence-corrected chi connectivity index (χ2v) is 6.04. The van der Waals surface area contributed by atoms with Crippen LogP contribution in [0.5, 0.6) is 11.5 Å². The zero-order valence-corrected chi connectivity index (χ0v) is 15.7. The predicted molar refractivity (Wildman–Crippen MR) is 106 cm³/mol. The first-order chi connectivity index (χ1) is 13.1. The van der Waals surface area contributed by atoms with Crippen molar-refractivity contribution in [2.45, 2.75) is 13.8 Å². The molecule has 0 bridgehead atoms. The quantitative estimate of drug-likeness (QED) is 0.589. The van der Waals surface area contributed by atoms with Crippen LogP contribution in [0, 0.1) is 13.8 Å². The molecule has 0 aliphatic heterocycles. The van der Waals surface area contributed by atoms with Gasteiger partial charge in [0.25, 0.3) is 0 Å². The Bertz CT molecular complexity index is 884. The first-order valence-corrected chi connectivity index (χ1v) is 8.69. The van der Waals surface area contributed by atoms with E-state index in [2.05, 4.69) is 51.8 Å². The van der Waals surface area contributed by atoms with Gasteiger partial charge in [-0.15, -0.1) is 5.10 Å². The Kier molecular flexibility index (Phi) is 6.04. The van der Waals surface area contributed by atoms with E-state index in [0.717, 1.165) is 17.2 Å².